The molecule has 0 radical (unpaired) electrons. The second-order valence-corrected chi connectivity index (χ2v) is 6.20. The maximum Gasteiger partial charge on any atom is 0.186 e. The van der Waals surface area contributed by atoms with E-state index >= 15 is 0 Å². The molecule has 1 fully saturated rings. The van der Waals surface area contributed by atoms with Gasteiger partial charge in [-0.2, -0.15) is 17.0 Å². The van der Waals surface area contributed by atoms with E-state index in [0.717, 1.165) is 34.7 Å². The SMILES string of the molecule is CSC1CCC(Nc2c(C#N)nnc3ccccc23)C1. The van der Waals surface area contributed by atoms with Gasteiger partial charge < -0.3 is 5.32 Å². The van der Waals surface area contributed by atoms with E-state index in [2.05, 4.69) is 27.8 Å². The van der Waals surface area contributed by atoms with Gasteiger partial charge in [0.15, 0.2) is 5.69 Å². The Kier molecular flexibility index (Phi) is 3.75. The number of rotatable bonds is 3. The van der Waals surface area contributed by atoms with Crippen LogP contribution in [0.4, 0.5) is 5.69 Å². The summed E-state index contributed by atoms with van der Waals surface area (Å²) in [5.41, 5.74) is 2.05. The molecule has 3 rings (SSSR count). The molecule has 1 aromatic carbocycles. The fourth-order valence-electron chi connectivity index (χ4n) is 2.77. The maximum absolute atomic E-state index is 9.25. The largest absolute Gasteiger partial charge is 0.379 e. The van der Waals surface area contributed by atoms with E-state index in [0.29, 0.717) is 11.7 Å². The first kappa shape index (κ1) is 13.2. The summed E-state index contributed by atoms with van der Waals surface area (Å²) in [4.78, 5) is 0. The highest BCUT2D eigenvalue weighted by Crippen LogP contribution is 2.32. The Labute approximate surface area is 122 Å². The van der Waals surface area contributed by atoms with Crippen molar-refractivity contribution >= 4 is 28.4 Å². The molecule has 0 bridgehead atoms. The van der Waals surface area contributed by atoms with Crippen LogP contribution in [0.5, 0.6) is 0 Å². The Hall–Kier alpha value is -1.80. The van der Waals surface area contributed by atoms with Gasteiger partial charge in [0, 0.05) is 16.7 Å². The first-order valence-corrected chi connectivity index (χ1v) is 8.05. The minimum atomic E-state index is 0.385. The van der Waals surface area contributed by atoms with E-state index in [1.165, 1.54) is 6.42 Å². The van der Waals surface area contributed by atoms with Crippen LogP contribution in [0.2, 0.25) is 0 Å². The molecule has 1 heterocycles. The van der Waals surface area contributed by atoms with Gasteiger partial charge in [-0.3, -0.25) is 0 Å². The third kappa shape index (κ3) is 2.44. The molecule has 5 heteroatoms. The van der Waals surface area contributed by atoms with Crippen LogP contribution in [0.3, 0.4) is 0 Å². The number of thioether (sulfide) groups is 1. The van der Waals surface area contributed by atoms with Crippen LogP contribution in [0, 0.1) is 11.3 Å². The van der Waals surface area contributed by atoms with Gasteiger partial charge in [-0.05, 0) is 31.6 Å². The Morgan fingerprint density at radius 3 is 2.90 bits per heavy atom. The summed E-state index contributed by atoms with van der Waals surface area (Å²) in [6.45, 7) is 0. The summed E-state index contributed by atoms with van der Waals surface area (Å²) >= 11 is 1.93. The highest BCUT2D eigenvalue weighted by molar-refractivity contribution is 7.99. The van der Waals surface area contributed by atoms with Gasteiger partial charge >= 0.3 is 0 Å². The molecule has 20 heavy (non-hydrogen) atoms. The second-order valence-electron chi connectivity index (χ2n) is 5.06. The molecule has 1 saturated carbocycles. The van der Waals surface area contributed by atoms with Crippen molar-refractivity contribution in [3.05, 3.63) is 30.0 Å². The van der Waals surface area contributed by atoms with Gasteiger partial charge in [-0.25, -0.2) is 0 Å². The van der Waals surface area contributed by atoms with Gasteiger partial charge in [-0.1, -0.05) is 18.2 Å². The van der Waals surface area contributed by atoms with E-state index in [4.69, 9.17) is 0 Å². The fraction of sp³-hybridized carbons (Fsp3) is 0.400. The van der Waals surface area contributed by atoms with Crippen LogP contribution >= 0.6 is 11.8 Å². The molecule has 2 atom stereocenters. The van der Waals surface area contributed by atoms with Crippen molar-refractivity contribution in [2.75, 3.05) is 11.6 Å². The van der Waals surface area contributed by atoms with Crippen molar-refractivity contribution in [1.82, 2.24) is 10.2 Å². The van der Waals surface area contributed by atoms with Gasteiger partial charge in [0.05, 0.1) is 11.2 Å². The van der Waals surface area contributed by atoms with Crippen LogP contribution in [0.25, 0.3) is 10.9 Å². The summed E-state index contributed by atoms with van der Waals surface area (Å²) in [5.74, 6) is 0. The third-order valence-electron chi connectivity index (χ3n) is 3.84. The zero-order chi connectivity index (χ0) is 13.9. The normalized spacial score (nSPS) is 21.8. The summed E-state index contributed by atoms with van der Waals surface area (Å²) in [5, 5.41) is 22.6. The molecule has 0 saturated heterocycles. The molecule has 1 aliphatic carbocycles. The first-order chi connectivity index (χ1) is 9.81. The summed E-state index contributed by atoms with van der Waals surface area (Å²) in [6.07, 6.45) is 5.68. The van der Waals surface area contributed by atoms with Crippen molar-refractivity contribution in [3.8, 4) is 6.07 Å². The zero-order valence-electron chi connectivity index (χ0n) is 11.3. The van der Waals surface area contributed by atoms with E-state index in [-0.39, 0.29) is 0 Å². The van der Waals surface area contributed by atoms with Gasteiger partial charge in [0.1, 0.15) is 6.07 Å². The number of nitrogens with one attached hydrogen (secondary N) is 1. The molecular formula is C15H16N4S. The lowest BCUT2D eigenvalue weighted by atomic mass is 10.1. The van der Waals surface area contributed by atoms with Crippen LogP contribution in [0.1, 0.15) is 25.0 Å². The standard InChI is InChI=1S/C15H16N4S/c1-20-11-7-6-10(8-11)17-15-12-4-2-3-5-13(12)18-19-14(15)9-16/h2-5,10-11H,6-8H2,1H3,(H,17,18). The van der Waals surface area contributed by atoms with Crippen LogP contribution in [-0.4, -0.2) is 27.7 Å². The van der Waals surface area contributed by atoms with Crippen molar-refractivity contribution in [2.45, 2.75) is 30.6 Å². The van der Waals surface area contributed by atoms with Crippen molar-refractivity contribution in [2.24, 2.45) is 0 Å². The van der Waals surface area contributed by atoms with Crippen LogP contribution in [0.15, 0.2) is 24.3 Å². The molecule has 1 N–H and O–H groups in total. The Bertz CT molecular complexity index is 664. The van der Waals surface area contributed by atoms with Crippen LogP contribution < -0.4 is 5.32 Å². The Morgan fingerprint density at radius 2 is 2.15 bits per heavy atom. The first-order valence-electron chi connectivity index (χ1n) is 6.76. The predicted molar refractivity (Wildman–Crippen MR) is 82.8 cm³/mol. The van der Waals surface area contributed by atoms with Gasteiger partial charge in [0.2, 0.25) is 0 Å². The van der Waals surface area contributed by atoms with Gasteiger partial charge in [-0.15, -0.1) is 10.2 Å². The number of hydrogen-bond donors (Lipinski definition) is 1. The number of fused-ring (bicyclic) bond motifs is 1. The smallest absolute Gasteiger partial charge is 0.186 e. The average molecular weight is 284 g/mol. The van der Waals surface area contributed by atoms with E-state index in [9.17, 15) is 5.26 Å². The van der Waals surface area contributed by atoms with Crippen molar-refractivity contribution in [3.63, 3.8) is 0 Å². The molecule has 102 valence electrons. The number of benzene rings is 1. The Morgan fingerprint density at radius 1 is 1.30 bits per heavy atom. The lowest BCUT2D eigenvalue weighted by Crippen LogP contribution is -2.17. The van der Waals surface area contributed by atoms with E-state index in [1.54, 1.807) is 0 Å². The molecule has 0 spiro atoms. The maximum atomic E-state index is 9.25. The monoisotopic (exact) mass is 284 g/mol. The van der Waals surface area contributed by atoms with E-state index < -0.39 is 0 Å². The molecule has 1 aliphatic rings. The van der Waals surface area contributed by atoms with Crippen LogP contribution in [-0.2, 0) is 0 Å². The van der Waals surface area contributed by atoms with Gasteiger partial charge in [0.25, 0.3) is 0 Å². The Balaban J connectivity index is 1.95. The topological polar surface area (TPSA) is 61.6 Å². The lowest BCUT2D eigenvalue weighted by molar-refractivity contribution is 0.756. The number of nitriles is 1. The molecule has 2 unspecified atom stereocenters. The molecular weight excluding hydrogens is 268 g/mol. The minimum absolute atomic E-state index is 0.385. The summed E-state index contributed by atoms with van der Waals surface area (Å²) in [7, 11) is 0. The number of aromatic nitrogens is 2. The molecule has 0 aliphatic heterocycles. The number of nitrogens with zero attached hydrogens (tertiary/aromatic N) is 3. The lowest BCUT2D eigenvalue weighted by Gasteiger charge is -2.16. The molecule has 4 nitrogen and oxygen atoms in total. The highest BCUT2D eigenvalue weighted by Gasteiger charge is 2.25. The zero-order valence-corrected chi connectivity index (χ0v) is 12.2. The molecule has 0 amide bonds. The predicted octanol–water partition coefficient (Wildman–Crippen LogP) is 3.20. The second kappa shape index (κ2) is 5.68. The number of anilines is 1. The summed E-state index contributed by atoms with van der Waals surface area (Å²) in [6, 6.07) is 10.4. The minimum Gasteiger partial charge on any atom is -0.379 e. The number of hydrogen-bond acceptors (Lipinski definition) is 5. The van der Waals surface area contributed by atoms with Crippen molar-refractivity contribution < 1.29 is 0 Å². The molecule has 2 aromatic rings. The highest BCUT2D eigenvalue weighted by atomic mass is 32.2. The molecule has 1 aromatic heterocycles. The average Bonchev–Trinajstić information content (AvgIpc) is 2.95. The quantitative estimate of drug-likeness (QED) is 0.937. The van der Waals surface area contributed by atoms with Crippen molar-refractivity contribution in [1.29, 1.82) is 5.26 Å². The fourth-order valence-corrected chi connectivity index (χ4v) is 3.56. The third-order valence-corrected chi connectivity index (χ3v) is 4.93. The van der Waals surface area contributed by atoms with E-state index in [1.807, 2.05) is 36.0 Å². The summed E-state index contributed by atoms with van der Waals surface area (Å²) < 4.78 is 0.